The summed E-state index contributed by atoms with van der Waals surface area (Å²) >= 11 is 1.07. The van der Waals surface area contributed by atoms with Gasteiger partial charge in [0.15, 0.2) is 6.23 Å². The molecule has 2 aromatic heterocycles. The van der Waals surface area contributed by atoms with Crippen LogP contribution in [0.15, 0.2) is 16.7 Å². The average Bonchev–Trinajstić information content (AvgIpc) is 3.12. The minimum absolute atomic E-state index is 0.141. The maximum Gasteiger partial charge on any atom is 0.471 e. The molecule has 0 aliphatic carbocycles. The van der Waals surface area contributed by atoms with Crippen LogP contribution in [-0.4, -0.2) is 36.9 Å². The number of methoxy groups -OCH3 is 2. The van der Waals surface area contributed by atoms with Crippen molar-refractivity contribution >= 4 is 17.2 Å². The van der Waals surface area contributed by atoms with E-state index in [2.05, 4.69) is 20.0 Å². The number of amides is 1. The first-order valence-electron chi connectivity index (χ1n) is 6.17. The monoisotopic (exact) mass is 351 g/mol. The number of thiophene rings is 1. The lowest BCUT2D eigenvalue weighted by Gasteiger charge is -2.15. The standard InChI is InChI=1S/C12H12F3N3O4S/c1-20-5-8(19)16-10(21-2)7-4-3-6(23-7)9-17-11(22-18-9)12(13,14)15/h3-4,10H,5H2,1-2H3,(H,16,19). The molecular weight excluding hydrogens is 339 g/mol. The molecule has 0 aliphatic rings. The number of alkyl halides is 3. The van der Waals surface area contributed by atoms with E-state index in [4.69, 9.17) is 9.47 Å². The van der Waals surface area contributed by atoms with Gasteiger partial charge in [0.05, 0.1) is 9.75 Å². The van der Waals surface area contributed by atoms with Crippen LogP contribution in [0.5, 0.6) is 0 Å². The lowest BCUT2D eigenvalue weighted by atomic mass is 10.3. The predicted molar refractivity (Wildman–Crippen MR) is 72.4 cm³/mol. The molecule has 1 atom stereocenters. The molecule has 0 aliphatic heterocycles. The Balaban J connectivity index is 2.16. The summed E-state index contributed by atoms with van der Waals surface area (Å²) in [6, 6.07) is 3.10. The minimum atomic E-state index is -4.70. The minimum Gasteiger partial charge on any atom is -0.375 e. The van der Waals surface area contributed by atoms with E-state index in [1.807, 2.05) is 0 Å². The summed E-state index contributed by atoms with van der Waals surface area (Å²) in [5.41, 5.74) is 0. The Kier molecular flexibility index (Phi) is 5.34. The van der Waals surface area contributed by atoms with Gasteiger partial charge in [0.2, 0.25) is 11.7 Å². The molecule has 0 bridgehead atoms. The number of rotatable bonds is 6. The first-order valence-corrected chi connectivity index (χ1v) is 6.99. The van der Waals surface area contributed by atoms with E-state index in [0.717, 1.165) is 11.3 Å². The zero-order valence-electron chi connectivity index (χ0n) is 12.0. The molecule has 23 heavy (non-hydrogen) atoms. The summed E-state index contributed by atoms with van der Waals surface area (Å²) in [6.07, 6.45) is -5.46. The van der Waals surface area contributed by atoms with E-state index in [-0.39, 0.29) is 12.4 Å². The number of aromatic nitrogens is 2. The molecule has 0 radical (unpaired) electrons. The van der Waals surface area contributed by atoms with Crippen LogP contribution < -0.4 is 5.32 Å². The Morgan fingerprint density at radius 2 is 2.17 bits per heavy atom. The van der Waals surface area contributed by atoms with Gasteiger partial charge in [-0.25, -0.2) is 0 Å². The van der Waals surface area contributed by atoms with E-state index in [0.29, 0.717) is 9.75 Å². The highest BCUT2D eigenvalue weighted by molar-refractivity contribution is 7.15. The molecule has 2 heterocycles. The van der Waals surface area contributed by atoms with Crippen molar-refractivity contribution in [2.45, 2.75) is 12.4 Å². The predicted octanol–water partition coefficient (Wildman–Crippen LogP) is 2.22. The summed E-state index contributed by atoms with van der Waals surface area (Å²) in [7, 11) is 2.76. The van der Waals surface area contributed by atoms with E-state index >= 15 is 0 Å². The summed E-state index contributed by atoms with van der Waals surface area (Å²) in [6.45, 7) is -0.141. The number of nitrogens with one attached hydrogen (secondary N) is 1. The van der Waals surface area contributed by atoms with Crippen molar-refractivity contribution in [1.29, 1.82) is 0 Å². The summed E-state index contributed by atoms with van der Waals surface area (Å²) < 4.78 is 51.4. The van der Waals surface area contributed by atoms with E-state index in [1.54, 1.807) is 6.07 Å². The quantitative estimate of drug-likeness (QED) is 0.803. The van der Waals surface area contributed by atoms with Crippen LogP contribution in [0.1, 0.15) is 17.0 Å². The Morgan fingerprint density at radius 1 is 1.43 bits per heavy atom. The number of ether oxygens (including phenoxy) is 2. The van der Waals surface area contributed by atoms with Gasteiger partial charge in [0.25, 0.3) is 0 Å². The third kappa shape index (κ3) is 4.27. The highest BCUT2D eigenvalue weighted by atomic mass is 32.1. The van der Waals surface area contributed by atoms with Gasteiger partial charge in [0, 0.05) is 14.2 Å². The maximum atomic E-state index is 12.4. The van der Waals surface area contributed by atoms with E-state index in [1.165, 1.54) is 20.3 Å². The topological polar surface area (TPSA) is 86.5 Å². The van der Waals surface area contributed by atoms with Crippen LogP contribution in [0, 0.1) is 0 Å². The lowest BCUT2D eigenvalue weighted by Crippen LogP contribution is -2.31. The fraction of sp³-hybridized carbons (Fsp3) is 0.417. The third-order valence-corrected chi connectivity index (χ3v) is 3.70. The molecule has 0 fully saturated rings. The highest BCUT2D eigenvalue weighted by Gasteiger charge is 2.38. The van der Waals surface area contributed by atoms with Crippen molar-refractivity contribution < 1.29 is 32.0 Å². The number of halogens is 3. The van der Waals surface area contributed by atoms with Crippen molar-refractivity contribution in [3.05, 3.63) is 22.9 Å². The zero-order valence-corrected chi connectivity index (χ0v) is 12.8. The number of carbonyl (C=O) groups is 1. The molecule has 11 heteroatoms. The maximum absolute atomic E-state index is 12.4. The Hall–Kier alpha value is -1.98. The molecule has 2 aromatic rings. The van der Waals surface area contributed by atoms with Gasteiger partial charge < -0.3 is 19.3 Å². The second kappa shape index (κ2) is 7.06. The first kappa shape index (κ1) is 17.4. The van der Waals surface area contributed by atoms with Gasteiger partial charge in [-0.1, -0.05) is 5.16 Å². The number of hydrogen-bond donors (Lipinski definition) is 1. The van der Waals surface area contributed by atoms with Crippen molar-refractivity contribution in [3.8, 4) is 10.7 Å². The molecule has 126 valence electrons. The normalized spacial score (nSPS) is 13.1. The van der Waals surface area contributed by atoms with Crippen LogP contribution in [-0.2, 0) is 20.4 Å². The molecule has 1 amide bonds. The molecule has 0 saturated carbocycles. The van der Waals surface area contributed by atoms with Crippen LogP contribution in [0.2, 0.25) is 0 Å². The van der Waals surface area contributed by atoms with Gasteiger partial charge in [-0.3, -0.25) is 4.79 Å². The SMILES string of the molecule is COCC(=O)NC(OC)c1ccc(-c2noc(C(F)(F)F)n2)s1. The van der Waals surface area contributed by atoms with Gasteiger partial charge >= 0.3 is 12.1 Å². The van der Waals surface area contributed by atoms with E-state index in [9.17, 15) is 18.0 Å². The van der Waals surface area contributed by atoms with Crippen molar-refractivity contribution in [3.63, 3.8) is 0 Å². The van der Waals surface area contributed by atoms with Crippen LogP contribution in [0.25, 0.3) is 10.7 Å². The molecule has 2 rings (SSSR count). The molecule has 1 N–H and O–H groups in total. The summed E-state index contributed by atoms with van der Waals surface area (Å²) in [5, 5.41) is 5.86. The molecule has 0 spiro atoms. The van der Waals surface area contributed by atoms with Gasteiger partial charge in [-0.05, 0) is 12.1 Å². The molecule has 1 unspecified atom stereocenters. The summed E-state index contributed by atoms with van der Waals surface area (Å²) in [5.74, 6) is -2.00. The van der Waals surface area contributed by atoms with Gasteiger partial charge in [-0.2, -0.15) is 18.2 Å². The highest BCUT2D eigenvalue weighted by Crippen LogP contribution is 2.33. The average molecular weight is 351 g/mol. The number of hydrogen-bond acceptors (Lipinski definition) is 7. The lowest BCUT2D eigenvalue weighted by molar-refractivity contribution is -0.159. The van der Waals surface area contributed by atoms with Crippen molar-refractivity contribution in [1.82, 2.24) is 15.5 Å². The second-order valence-electron chi connectivity index (χ2n) is 4.24. The molecule has 0 saturated heterocycles. The number of nitrogens with zero attached hydrogens (tertiary/aromatic N) is 2. The van der Waals surface area contributed by atoms with E-state index < -0.39 is 24.2 Å². The second-order valence-corrected chi connectivity index (χ2v) is 5.35. The van der Waals surface area contributed by atoms with Crippen molar-refractivity contribution in [2.24, 2.45) is 0 Å². The van der Waals surface area contributed by atoms with Crippen LogP contribution in [0.4, 0.5) is 13.2 Å². The molecule has 7 nitrogen and oxygen atoms in total. The summed E-state index contributed by atoms with van der Waals surface area (Å²) in [4.78, 5) is 15.7. The van der Waals surface area contributed by atoms with Crippen LogP contribution >= 0.6 is 11.3 Å². The Labute approximate surface area is 132 Å². The number of carbonyl (C=O) groups excluding carboxylic acids is 1. The Morgan fingerprint density at radius 3 is 2.74 bits per heavy atom. The molecule has 0 aromatic carbocycles. The molecular formula is C12H12F3N3O4S. The Bertz CT molecular complexity index is 671. The smallest absolute Gasteiger partial charge is 0.375 e. The van der Waals surface area contributed by atoms with Gasteiger partial charge in [0.1, 0.15) is 6.61 Å². The van der Waals surface area contributed by atoms with Crippen LogP contribution in [0.3, 0.4) is 0 Å². The third-order valence-electron chi connectivity index (χ3n) is 2.58. The van der Waals surface area contributed by atoms with Gasteiger partial charge in [-0.15, -0.1) is 11.3 Å². The fourth-order valence-corrected chi connectivity index (χ4v) is 2.58. The zero-order chi connectivity index (χ0) is 17.0. The fourth-order valence-electron chi connectivity index (χ4n) is 1.62. The van der Waals surface area contributed by atoms with Crippen molar-refractivity contribution in [2.75, 3.05) is 20.8 Å². The largest absolute Gasteiger partial charge is 0.471 e. The first-order chi connectivity index (χ1) is 10.8.